The van der Waals surface area contributed by atoms with E-state index in [0.717, 1.165) is 24.2 Å². The number of nitrogens with zero attached hydrogens (tertiary/aromatic N) is 2. The van der Waals surface area contributed by atoms with Crippen LogP contribution in [-0.2, 0) is 26.1 Å². The molecule has 0 radical (unpaired) electrons. The van der Waals surface area contributed by atoms with E-state index >= 15 is 0 Å². The van der Waals surface area contributed by atoms with Gasteiger partial charge in [-0.3, -0.25) is 4.98 Å². The fourth-order valence-corrected chi connectivity index (χ4v) is 4.69. The SMILES string of the molecule is Cc1cccc(COC[C@@H]2C[C@@H]3OCCN(S(C)(=O)=O)[C@H]3C2)n1. The molecule has 1 aromatic rings. The third-order valence-corrected chi connectivity index (χ3v) is 5.86. The van der Waals surface area contributed by atoms with Crippen molar-refractivity contribution in [1.82, 2.24) is 9.29 Å². The Morgan fingerprint density at radius 2 is 2.22 bits per heavy atom. The van der Waals surface area contributed by atoms with Crippen LogP contribution in [0.15, 0.2) is 18.2 Å². The fourth-order valence-electron chi connectivity index (χ4n) is 3.58. The summed E-state index contributed by atoms with van der Waals surface area (Å²) < 4.78 is 37.0. The smallest absolute Gasteiger partial charge is 0.211 e. The van der Waals surface area contributed by atoms with E-state index in [2.05, 4.69) is 4.98 Å². The van der Waals surface area contributed by atoms with Gasteiger partial charge in [-0.2, -0.15) is 4.31 Å². The van der Waals surface area contributed by atoms with E-state index in [0.29, 0.717) is 32.3 Å². The van der Waals surface area contributed by atoms with Crippen LogP contribution >= 0.6 is 0 Å². The van der Waals surface area contributed by atoms with E-state index < -0.39 is 10.0 Å². The average molecular weight is 340 g/mol. The van der Waals surface area contributed by atoms with Gasteiger partial charge in [0.1, 0.15) is 0 Å². The summed E-state index contributed by atoms with van der Waals surface area (Å²) >= 11 is 0. The molecule has 7 heteroatoms. The zero-order valence-electron chi connectivity index (χ0n) is 13.6. The van der Waals surface area contributed by atoms with E-state index in [9.17, 15) is 8.42 Å². The second kappa shape index (κ2) is 6.84. The fraction of sp³-hybridized carbons (Fsp3) is 0.688. The van der Waals surface area contributed by atoms with Crippen LogP contribution in [0.25, 0.3) is 0 Å². The number of fused-ring (bicyclic) bond motifs is 1. The Labute approximate surface area is 137 Å². The minimum Gasteiger partial charge on any atom is -0.375 e. The first-order chi connectivity index (χ1) is 10.9. The molecule has 3 atom stereocenters. The number of hydrogen-bond donors (Lipinski definition) is 0. The van der Waals surface area contributed by atoms with Gasteiger partial charge in [0.15, 0.2) is 0 Å². The van der Waals surface area contributed by atoms with Crippen LogP contribution in [0.5, 0.6) is 0 Å². The van der Waals surface area contributed by atoms with Crippen molar-refractivity contribution in [2.45, 2.75) is 38.5 Å². The van der Waals surface area contributed by atoms with Crippen LogP contribution in [0, 0.1) is 12.8 Å². The lowest BCUT2D eigenvalue weighted by molar-refractivity contribution is -0.0250. The summed E-state index contributed by atoms with van der Waals surface area (Å²) in [6.07, 6.45) is 2.95. The molecule has 23 heavy (non-hydrogen) atoms. The van der Waals surface area contributed by atoms with Gasteiger partial charge in [-0.15, -0.1) is 0 Å². The molecular weight excluding hydrogens is 316 g/mol. The van der Waals surface area contributed by atoms with Crippen LogP contribution in [0.3, 0.4) is 0 Å². The standard InChI is InChI=1S/C16H24N2O4S/c1-12-4-3-5-14(17-12)11-21-10-13-8-15-16(9-13)22-7-6-18(15)23(2,19)20/h3-5,13,15-16H,6-11H2,1-2H3/t13-,15-,16-/m0/s1. The number of rotatable bonds is 5. The number of ether oxygens (including phenoxy) is 2. The van der Waals surface area contributed by atoms with E-state index in [1.165, 1.54) is 6.26 Å². The van der Waals surface area contributed by atoms with Crippen molar-refractivity contribution in [1.29, 1.82) is 0 Å². The summed E-state index contributed by atoms with van der Waals surface area (Å²) in [6.45, 7) is 4.01. The molecule has 0 N–H and O–H groups in total. The molecule has 1 aliphatic carbocycles. The Morgan fingerprint density at radius 1 is 1.39 bits per heavy atom. The molecule has 2 aliphatic rings. The molecule has 0 spiro atoms. The van der Waals surface area contributed by atoms with Gasteiger partial charge >= 0.3 is 0 Å². The molecule has 1 saturated carbocycles. The van der Waals surface area contributed by atoms with Gasteiger partial charge < -0.3 is 9.47 Å². The maximum atomic E-state index is 11.9. The summed E-state index contributed by atoms with van der Waals surface area (Å²) in [5, 5.41) is 0. The van der Waals surface area contributed by atoms with E-state index in [4.69, 9.17) is 9.47 Å². The van der Waals surface area contributed by atoms with Crippen molar-refractivity contribution in [3.8, 4) is 0 Å². The number of sulfonamides is 1. The lowest BCUT2D eigenvalue weighted by Gasteiger charge is -2.35. The topological polar surface area (TPSA) is 68.7 Å². The summed E-state index contributed by atoms with van der Waals surface area (Å²) in [5.41, 5.74) is 1.91. The van der Waals surface area contributed by atoms with Crippen LogP contribution in [-0.4, -0.2) is 55.9 Å². The predicted octanol–water partition coefficient (Wildman–Crippen LogP) is 1.35. The molecule has 128 valence electrons. The third-order valence-electron chi connectivity index (χ3n) is 4.56. The van der Waals surface area contributed by atoms with Gasteiger partial charge in [0.25, 0.3) is 0 Å². The molecule has 0 aromatic carbocycles. The maximum Gasteiger partial charge on any atom is 0.211 e. The van der Waals surface area contributed by atoms with E-state index in [-0.39, 0.29) is 12.1 Å². The molecule has 0 amide bonds. The number of hydrogen-bond acceptors (Lipinski definition) is 5. The van der Waals surface area contributed by atoms with Crippen LogP contribution in [0.4, 0.5) is 0 Å². The summed E-state index contributed by atoms with van der Waals surface area (Å²) in [6, 6.07) is 5.85. The molecule has 1 saturated heterocycles. The monoisotopic (exact) mass is 340 g/mol. The van der Waals surface area contributed by atoms with Crippen molar-refractivity contribution in [3.63, 3.8) is 0 Å². The van der Waals surface area contributed by atoms with Crippen LogP contribution in [0.2, 0.25) is 0 Å². The van der Waals surface area contributed by atoms with Gasteiger partial charge in [-0.1, -0.05) is 6.07 Å². The number of aryl methyl sites for hydroxylation is 1. The number of pyridine rings is 1. The van der Waals surface area contributed by atoms with Gasteiger partial charge in [0.2, 0.25) is 10.0 Å². The van der Waals surface area contributed by atoms with Crippen LogP contribution in [0.1, 0.15) is 24.2 Å². The Bertz CT molecular complexity index is 649. The first-order valence-electron chi connectivity index (χ1n) is 8.02. The lowest BCUT2D eigenvalue weighted by Crippen LogP contribution is -2.50. The quantitative estimate of drug-likeness (QED) is 0.809. The van der Waals surface area contributed by atoms with Gasteiger partial charge in [-0.05, 0) is 37.8 Å². The van der Waals surface area contributed by atoms with Crippen molar-refractivity contribution in [3.05, 3.63) is 29.6 Å². The average Bonchev–Trinajstić information content (AvgIpc) is 2.88. The molecule has 2 fully saturated rings. The van der Waals surface area contributed by atoms with E-state index in [1.54, 1.807) is 4.31 Å². The molecule has 2 heterocycles. The highest BCUT2D eigenvalue weighted by atomic mass is 32.2. The zero-order valence-corrected chi connectivity index (χ0v) is 14.5. The third kappa shape index (κ3) is 4.09. The largest absolute Gasteiger partial charge is 0.375 e. The van der Waals surface area contributed by atoms with Gasteiger partial charge in [0.05, 0.1) is 43.9 Å². The summed E-state index contributed by atoms with van der Waals surface area (Å²) in [7, 11) is -3.17. The van der Waals surface area contributed by atoms with E-state index in [1.807, 2.05) is 25.1 Å². The van der Waals surface area contributed by atoms with Crippen LogP contribution < -0.4 is 0 Å². The van der Waals surface area contributed by atoms with Gasteiger partial charge in [0, 0.05) is 12.2 Å². The van der Waals surface area contributed by atoms with Gasteiger partial charge in [-0.25, -0.2) is 8.42 Å². The van der Waals surface area contributed by atoms with Crippen molar-refractivity contribution < 1.29 is 17.9 Å². The molecule has 1 aromatic heterocycles. The highest BCUT2D eigenvalue weighted by molar-refractivity contribution is 7.88. The second-order valence-electron chi connectivity index (χ2n) is 6.47. The normalized spacial score (nSPS) is 28.7. The minimum atomic E-state index is -3.17. The lowest BCUT2D eigenvalue weighted by atomic mass is 10.1. The number of morpholine rings is 1. The molecule has 6 nitrogen and oxygen atoms in total. The minimum absolute atomic E-state index is 0.00386. The second-order valence-corrected chi connectivity index (χ2v) is 8.41. The number of aromatic nitrogens is 1. The first-order valence-corrected chi connectivity index (χ1v) is 9.87. The van der Waals surface area contributed by atoms with Crippen molar-refractivity contribution >= 4 is 10.0 Å². The highest BCUT2D eigenvalue weighted by Crippen LogP contribution is 2.35. The molecule has 0 unspecified atom stereocenters. The maximum absolute atomic E-state index is 11.9. The Balaban J connectivity index is 1.53. The Hall–Kier alpha value is -1.02. The molecule has 1 aliphatic heterocycles. The Morgan fingerprint density at radius 3 is 2.96 bits per heavy atom. The molecule has 0 bridgehead atoms. The van der Waals surface area contributed by atoms with Crippen molar-refractivity contribution in [2.24, 2.45) is 5.92 Å². The molecular formula is C16H24N2O4S. The Kier molecular flexibility index (Phi) is 5.01. The first kappa shape index (κ1) is 16.8. The van der Waals surface area contributed by atoms with Crippen molar-refractivity contribution in [2.75, 3.05) is 26.0 Å². The zero-order chi connectivity index (χ0) is 16.4. The highest BCUT2D eigenvalue weighted by Gasteiger charge is 2.44. The summed E-state index contributed by atoms with van der Waals surface area (Å²) in [4.78, 5) is 4.42. The molecule has 3 rings (SSSR count). The predicted molar refractivity (Wildman–Crippen MR) is 86.4 cm³/mol. The summed E-state index contributed by atoms with van der Waals surface area (Å²) in [5.74, 6) is 0.331.